The third-order valence-electron chi connectivity index (χ3n) is 4.22. The number of anilines is 1. The van der Waals surface area contributed by atoms with Crippen molar-refractivity contribution in [2.45, 2.75) is 6.04 Å². The smallest absolute Gasteiger partial charge is 0.282 e. The second kappa shape index (κ2) is 8.44. The number of carbonyl (C=O) groups is 1. The van der Waals surface area contributed by atoms with Crippen LogP contribution in [-0.4, -0.2) is 50.5 Å². The molecular weight excluding hydrogens is 332 g/mol. The fourth-order valence-electron chi connectivity index (χ4n) is 2.70. The topological polar surface area (TPSA) is 78.7 Å². The molecule has 1 amide bonds. The number of likely N-dealkylation sites (N-methyl/N-ethyl adjacent to an activating group) is 1. The minimum Gasteiger partial charge on any atom is -0.378 e. The lowest BCUT2D eigenvalue weighted by Crippen LogP contribution is -2.34. The van der Waals surface area contributed by atoms with Crippen molar-refractivity contribution in [3.63, 3.8) is 0 Å². The lowest BCUT2D eigenvalue weighted by Gasteiger charge is -2.25. The van der Waals surface area contributed by atoms with Crippen LogP contribution in [0.5, 0.6) is 0 Å². The summed E-state index contributed by atoms with van der Waals surface area (Å²) in [5, 5.41) is 13.9. The van der Waals surface area contributed by atoms with Crippen LogP contribution in [0.25, 0.3) is 0 Å². The zero-order valence-corrected chi connectivity index (χ0v) is 15.5. The van der Waals surface area contributed by atoms with Gasteiger partial charge in [-0.1, -0.05) is 24.3 Å². The molecule has 1 N–H and O–H groups in total. The third kappa shape index (κ3) is 4.58. The average molecular weight is 356 g/mol. The van der Waals surface area contributed by atoms with E-state index in [1.54, 1.807) is 12.1 Å². The van der Waals surface area contributed by atoms with E-state index in [9.17, 15) is 14.9 Å². The number of hydrogen-bond acceptors (Lipinski definition) is 5. The van der Waals surface area contributed by atoms with Crippen molar-refractivity contribution < 1.29 is 9.72 Å². The van der Waals surface area contributed by atoms with Crippen LogP contribution in [0.4, 0.5) is 11.4 Å². The first-order valence-electron chi connectivity index (χ1n) is 8.26. The first-order chi connectivity index (χ1) is 12.3. The van der Waals surface area contributed by atoms with Crippen molar-refractivity contribution in [2.75, 3.05) is 39.6 Å². The summed E-state index contributed by atoms with van der Waals surface area (Å²) in [4.78, 5) is 27.0. The molecule has 0 aromatic heterocycles. The number of hydrogen-bond donors (Lipinski definition) is 1. The van der Waals surface area contributed by atoms with E-state index in [-0.39, 0.29) is 17.3 Å². The van der Waals surface area contributed by atoms with Gasteiger partial charge in [-0.15, -0.1) is 0 Å². The van der Waals surface area contributed by atoms with Gasteiger partial charge in [-0.2, -0.15) is 0 Å². The highest BCUT2D eigenvalue weighted by atomic mass is 16.6. The van der Waals surface area contributed by atoms with Gasteiger partial charge in [0.15, 0.2) is 0 Å². The van der Waals surface area contributed by atoms with Gasteiger partial charge in [0, 0.05) is 32.4 Å². The number of rotatable bonds is 7. The molecule has 138 valence electrons. The van der Waals surface area contributed by atoms with E-state index in [0.717, 1.165) is 11.3 Å². The van der Waals surface area contributed by atoms with Crippen LogP contribution in [0.2, 0.25) is 0 Å². The summed E-state index contributed by atoms with van der Waals surface area (Å²) in [7, 11) is 7.82. The normalized spacial score (nSPS) is 11.9. The van der Waals surface area contributed by atoms with Crippen LogP contribution in [-0.2, 0) is 0 Å². The van der Waals surface area contributed by atoms with Gasteiger partial charge in [0.25, 0.3) is 11.6 Å². The predicted molar refractivity (Wildman–Crippen MR) is 103 cm³/mol. The summed E-state index contributed by atoms with van der Waals surface area (Å²) in [6.07, 6.45) is 0. The van der Waals surface area contributed by atoms with Gasteiger partial charge in [-0.25, -0.2) is 0 Å². The maximum Gasteiger partial charge on any atom is 0.282 e. The maximum absolute atomic E-state index is 12.4. The summed E-state index contributed by atoms with van der Waals surface area (Å²) in [6, 6.07) is 14.0. The molecule has 2 rings (SSSR count). The Morgan fingerprint density at radius 3 is 2.23 bits per heavy atom. The Balaban J connectivity index is 2.14. The summed E-state index contributed by atoms with van der Waals surface area (Å²) in [5.74, 6) is -0.450. The Labute approximate surface area is 153 Å². The minimum atomic E-state index is -0.543. The predicted octanol–water partition coefficient (Wildman–Crippen LogP) is 2.69. The van der Waals surface area contributed by atoms with Crippen molar-refractivity contribution in [2.24, 2.45) is 0 Å². The molecule has 0 saturated heterocycles. The highest BCUT2D eigenvalue weighted by Gasteiger charge is 2.21. The summed E-state index contributed by atoms with van der Waals surface area (Å²) in [6.45, 7) is 0.346. The molecule has 7 nitrogen and oxygen atoms in total. The SMILES string of the molecule is CN(C)c1ccc(C(CNC(=O)c2ccccc2[N+](=O)[O-])N(C)C)cc1. The number of nitrogens with zero attached hydrogens (tertiary/aromatic N) is 3. The first kappa shape index (κ1) is 19.4. The quantitative estimate of drug-likeness (QED) is 0.609. The second-order valence-corrected chi connectivity index (χ2v) is 6.45. The van der Waals surface area contributed by atoms with Crippen LogP contribution in [0.3, 0.4) is 0 Å². The molecule has 0 aliphatic rings. The van der Waals surface area contributed by atoms with Crippen LogP contribution in [0, 0.1) is 10.1 Å². The van der Waals surface area contributed by atoms with Gasteiger partial charge < -0.3 is 15.1 Å². The molecule has 7 heteroatoms. The number of nitro benzene ring substituents is 1. The van der Waals surface area contributed by atoms with Gasteiger partial charge >= 0.3 is 0 Å². The molecule has 0 heterocycles. The molecule has 0 aliphatic heterocycles. The third-order valence-corrected chi connectivity index (χ3v) is 4.22. The number of nitro groups is 1. The highest BCUT2D eigenvalue weighted by Crippen LogP contribution is 2.22. The van der Waals surface area contributed by atoms with E-state index in [2.05, 4.69) is 5.32 Å². The number of carbonyl (C=O) groups excluding carboxylic acids is 1. The Morgan fingerprint density at radius 2 is 1.69 bits per heavy atom. The van der Waals surface area contributed by atoms with E-state index in [0.29, 0.717) is 6.54 Å². The van der Waals surface area contributed by atoms with Gasteiger partial charge in [-0.05, 0) is 37.9 Å². The Kier molecular flexibility index (Phi) is 6.30. The largest absolute Gasteiger partial charge is 0.378 e. The van der Waals surface area contributed by atoms with Crippen molar-refractivity contribution in [1.29, 1.82) is 0 Å². The number of amides is 1. The van der Waals surface area contributed by atoms with E-state index in [1.165, 1.54) is 12.1 Å². The zero-order valence-electron chi connectivity index (χ0n) is 15.5. The van der Waals surface area contributed by atoms with Crippen LogP contribution in [0.1, 0.15) is 22.0 Å². The van der Waals surface area contributed by atoms with E-state index in [4.69, 9.17) is 0 Å². The van der Waals surface area contributed by atoms with Crippen LogP contribution < -0.4 is 10.2 Å². The van der Waals surface area contributed by atoms with Gasteiger partial charge in [0.05, 0.1) is 11.0 Å². The van der Waals surface area contributed by atoms with Gasteiger partial charge in [-0.3, -0.25) is 14.9 Å². The Bertz CT molecular complexity index is 773. The zero-order chi connectivity index (χ0) is 19.3. The molecule has 0 spiro atoms. The Morgan fingerprint density at radius 1 is 1.08 bits per heavy atom. The average Bonchev–Trinajstić information content (AvgIpc) is 2.61. The van der Waals surface area contributed by atoms with Crippen LogP contribution in [0.15, 0.2) is 48.5 Å². The van der Waals surface area contributed by atoms with Crippen molar-refractivity contribution in [3.05, 3.63) is 69.8 Å². The summed E-state index contributed by atoms with van der Waals surface area (Å²) >= 11 is 0. The molecular formula is C19H24N4O3. The van der Waals surface area contributed by atoms with Gasteiger partial charge in [0.2, 0.25) is 0 Å². The van der Waals surface area contributed by atoms with Crippen molar-refractivity contribution >= 4 is 17.3 Å². The number of benzene rings is 2. The maximum atomic E-state index is 12.4. The second-order valence-electron chi connectivity index (χ2n) is 6.45. The lowest BCUT2D eigenvalue weighted by molar-refractivity contribution is -0.385. The number of para-hydroxylation sites is 1. The van der Waals surface area contributed by atoms with Gasteiger partial charge in [0.1, 0.15) is 5.56 Å². The van der Waals surface area contributed by atoms with E-state index >= 15 is 0 Å². The van der Waals surface area contributed by atoms with E-state index < -0.39 is 10.8 Å². The van der Waals surface area contributed by atoms with Crippen molar-refractivity contribution in [3.8, 4) is 0 Å². The minimum absolute atomic E-state index is 0.0436. The highest BCUT2D eigenvalue weighted by molar-refractivity contribution is 5.98. The fourth-order valence-corrected chi connectivity index (χ4v) is 2.70. The molecule has 1 atom stereocenters. The molecule has 2 aromatic carbocycles. The fraction of sp³-hybridized carbons (Fsp3) is 0.316. The molecule has 1 unspecified atom stereocenters. The molecule has 0 saturated carbocycles. The standard InChI is InChI=1S/C19H24N4O3/c1-21(2)15-11-9-14(10-12-15)18(22(3)4)13-20-19(24)16-7-5-6-8-17(16)23(25)26/h5-12,18H,13H2,1-4H3,(H,20,24). The molecule has 0 aliphatic carbocycles. The monoisotopic (exact) mass is 356 g/mol. The molecule has 0 radical (unpaired) electrons. The Hall–Kier alpha value is -2.93. The lowest BCUT2D eigenvalue weighted by atomic mass is 10.0. The number of nitrogens with one attached hydrogen (secondary N) is 1. The summed E-state index contributed by atoms with van der Waals surface area (Å²) < 4.78 is 0. The first-order valence-corrected chi connectivity index (χ1v) is 8.26. The molecule has 2 aromatic rings. The van der Waals surface area contributed by atoms with E-state index in [1.807, 2.05) is 62.3 Å². The molecule has 0 bridgehead atoms. The summed E-state index contributed by atoms with van der Waals surface area (Å²) in [5.41, 5.74) is 2.03. The molecule has 0 fully saturated rings. The van der Waals surface area contributed by atoms with Crippen molar-refractivity contribution in [1.82, 2.24) is 10.2 Å². The molecule has 26 heavy (non-hydrogen) atoms. The van der Waals surface area contributed by atoms with Crippen LogP contribution >= 0.6 is 0 Å².